The SMILES string of the molecule is CCCn1cc(C=O)c(C(=O)OCC)n1. The number of carbonyl (C=O) groups excluding carboxylic acids is 2. The van der Waals surface area contributed by atoms with Crippen molar-refractivity contribution in [2.45, 2.75) is 26.8 Å². The molecular formula is C10H14N2O3. The molecule has 0 aliphatic heterocycles. The molecule has 5 nitrogen and oxygen atoms in total. The van der Waals surface area contributed by atoms with Crippen LogP contribution in [0.4, 0.5) is 0 Å². The largest absolute Gasteiger partial charge is 0.461 e. The van der Waals surface area contributed by atoms with Crippen LogP contribution >= 0.6 is 0 Å². The molecule has 0 N–H and O–H groups in total. The summed E-state index contributed by atoms with van der Waals surface area (Å²) in [6.45, 7) is 4.66. The molecule has 1 heterocycles. The fourth-order valence-corrected chi connectivity index (χ4v) is 1.22. The Morgan fingerprint density at radius 2 is 2.33 bits per heavy atom. The van der Waals surface area contributed by atoms with Crippen molar-refractivity contribution in [3.05, 3.63) is 17.5 Å². The number of esters is 1. The maximum atomic E-state index is 11.4. The minimum absolute atomic E-state index is 0.0975. The lowest BCUT2D eigenvalue weighted by Gasteiger charge is -1.98. The molecule has 0 amide bonds. The molecule has 15 heavy (non-hydrogen) atoms. The van der Waals surface area contributed by atoms with E-state index in [4.69, 9.17) is 4.74 Å². The molecule has 5 heteroatoms. The smallest absolute Gasteiger partial charge is 0.359 e. The number of ether oxygens (including phenoxy) is 1. The number of hydrogen-bond acceptors (Lipinski definition) is 4. The molecule has 0 atom stereocenters. The second-order valence-corrected chi connectivity index (χ2v) is 3.03. The Labute approximate surface area is 88.0 Å². The molecule has 0 radical (unpaired) electrons. The van der Waals surface area contributed by atoms with Crippen molar-refractivity contribution in [1.82, 2.24) is 9.78 Å². The van der Waals surface area contributed by atoms with Crippen molar-refractivity contribution in [1.29, 1.82) is 0 Å². The summed E-state index contributed by atoms with van der Waals surface area (Å²) in [7, 11) is 0. The third-order valence-electron chi connectivity index (χ3n) is 1.84. The van der Waals surface area contributed by atoms with Crippen molar-refractivity contribution >= 4 is 12.3 Å². The summed E-state index contributed by atoms with van der Waals surface area (Å²) < 4.78 is 6.37. The molecule has 0 saturated carbocycles. The lowest BCUT2D eigenvalue weighted by atomic mass is 10.3. The van der Waals surface area contributed by atoms with Crippen LogP contribution in [0.2, 0.25) is 0 Å². The Balaban J connectivity index is 2.94. The summed E-state index contributed by atoms with van der Waals surface area (Å²) in [4.78, 5) is 22.1. The molecule has 0 aromatic carbocycles. The van der Waals surface area contributed by atoms with E-state index in [0.717, 1.165) is 6.42 Å². The number of aryl methyl sites for hydroxylation is 1. The van der Waals surface area contributed by atoms with Gasteiger partial charge in [0.15, 0.2) is 12.0 Å². The normalized spacial score (nSPS) is 10.0. The van der Waals surface area contributed by atoms with Gasteiger partial charge in [-0.15, -0.1) is 0 Å². The molecular weight excluding hydrogens is 196 g/mol. The standard InChI is InChI=1S/C10H14N2O3/c1-3-5-12-6-8(7-13)9(11-12)10(14)15-4-2/h6-7H,3-5H2,1-2H3. The van der Waals surface area contributed by atoms with Gasteiger partial charge in [0.05, 0.1) is 12.2 Å². The first-order valence-electron chi connectivity index (χ1n) is 4.92. The molecule has 1 aromatic rings. The van der Waals surface area contributed by atoms with Gasteiger partial charge in [-0.25, -0.2) is 4.79 Å². The van der Waals surface area contributed by atoms with Crippen LogP contribution in [0.15, 0.2) is 6.20 Å². The van der Waals surface area contributed by atoms with E-state index in [-0.39, 0.29) is 17.9 Å². The van der Waals surface area contributed by atoms with Gasteiger partial charge in [-0.3, -0.25) is 9.48 Å². The first-order chi connectivity index (χ1) is 7.22. The quantitative estimate of drug-likeness (QED) is 0.542. The highest BCUT2D eigenvalue weighted by Crippen LogP contribution is 2.06. The van der Waals surface area contributed by atoms with E-state index >= 15 is 0 Å². The van der Waals surface area contributed by atoms with Gasteiger partial charge >= 0.3 is 5.97 Å². The van der Waals surface area contributed by atoms with E-state index < -0.39 is 5.97 Å². The summed E-state index contributed by atoms with van der Waals surface area (Å²) in [5, 5.41) is 4.00. The number of aldehydes is 1. The fourth-order valence-electron chi connectivity index (χ4n) is 1.22. The monoisotopic (exact) mass is 210 g/mol. The molecule has 0 bridgehead atoms. The van der Waals surface area contributed by atoms with Crippen molar-refractivity contribution in [2.24, 2.45) is 0 Å². The van der Waals surface area contributed by atoms with Crippen LogP contribution in [0.3, 0.4) is 0 Å². The van der Waals surface area contributed by atoms with Crippen LogP contribution in [-0.4, -0.2) is 28.6 Å². The Hall–Kier alpha value is -1.65. The summed E-state index contributed by atoms with van der Waals surface area (Å²) in [6.07, 6.45) is 3.07. The fraction of sp³-hybridized carbons (Fsp3) is 0.500. The molecule has 0 aliphatic carbocycles. The Kier molecular flexibility index (Phi) is 4.03. The molecule has 0 unspecified atom stereocenters. The van der Waals surface area contributed by atoms with Crippen LogP contribution in [0.25, 0.3) is 0 Å². The van der Waals surface area contributed by atoms with Crippen molar-refractivity contribution < 1.29 is 14.3 Å². The van der Waals surface area contributed by atoms with Gasteiger partial charge in [0.1, 0.15) is 0 Å². The van der Waals surface area contributed by atoms with E-state index in [9.17, 15) is 9.59 Å². The minimum atomic E-state index is -0.547. The van der Waals surface area contributed by atoms with Gasteiger partial charge in [-0.2, -0.15) is 5.10 Å². The lowest BCUT2D eigenvalue weighted by molar-refractivity contribution is 0.0516. The lowest BCUT2D eigenvalue weighted by Crippen LogP contribution is -2.08. The van der Waals surface area contributed by atoms with Crippen molar-refractivity contribution in [3.63, 3.8) is 0 Å². The van der Waals surface area contributed by atoms with Crippen LogP contribution in [0.1, 0.15) is 41.1 Å². The highest BCUT2D eigenvalue weighted by atomic mass is 16.5. The first kappa shape index (κ1) is 11.4. The summed E-state index contributed by atoms with van der Waals surface area (Å²) in [6, 6.07) is 0. The Bertz CT molecular complexity index is 358. The average molecular weight is 210 g/mol. The maximum Gasteiger partial charge on any atom is 0.359 e. The van der Waals surface area contributed by atoms with E-state index in [1.165, 1.54) is 0 Å². The third kappa shape index (κ3) is 2.65. The zero-order chi connectivity index (χ0) is 11.3. The van der Waals surface area contributed by atoms with Crippen molar-refractivity contribution in [3.8, 4) is 0 Å². The van der Waals surface area contributed by atoms with Gasteiger partial charge in [0.2, 0.25) is 0 Å². The number of hydrogen-bond donors (Lipinski definition) is 0. The highest BCUT2D eigenvalue weighted by Gasteiger charge is 2.16. The second kappa shape index (κ2) is 5.29. The molecule has 1 aromatic heterocycles. The Morgan fingerprint density at radius 1 is 1.60 bits per heavy atom. The highest BCUT2D eigenvalue weighted by molar-refractivity contribution is 5.96. The minimum Gasteiger partial charge on any atom is -0.461 e. The van der Waals surface area contributed by atoms with Gasteiger partial charge in [0, 0.05) is 12.7 Å². The van der Waals surface area contributed by atoms with Crippen LogP contribution in [0.5, 0.6) is 0 Å². The van der Waals surface area contributed by atoms with E-state index in [0.29, 0.717) is 12.8 Å². The first-order valence-corrected chi connectivity index (χ1v) is 4.92. The van der Waals surface area contributed by atoms with Crippen LogP contribution < -0.4 is 0 Å². The summed E-state index contributed by atoms with van der Waals surface area (Å²) in [5.74, 6) is -0.547. The van der Waals surface area contributed by atoms with Gasteiger partial charge in [-0.05, 0) is 13.3 Å². The van der Waals surface area contributed by atoms with Gasteiger partial charge in [0.25, 0.3) is 0 Å². The van der Waals surface area contributed by atoms with E-state index in [2.05, 4.69) is 5.10 Å². The molecule has 0 aliphatic rings. The van der Waals surface area contributed by atoms with Crippen LogP contribution in [0, 0.1) is 0 Å². The number of carbonyl (C=O) groups is 2. The summed E-state index contributed by atoms with van der Waals surface area (Å²) in [5.41, 5.74) is 0.377. The molecule has 0 spiro atoms. The summed E-state index contributed by atoms with van der Waals surface area (Å²) >= 11 is 0. The predicted molar refractivity (Wildman–Crippen MR) is 53.9 cm³/mol. The van der Waals surface area contributed by atoms with E-state index in [1.54, 1.807) is 17.8 Å². The van der Waals surface area contributed by atoms with Gasteiger partial charge < -0.3 is 4.74 Å². The van der Waals surface area contributed by atoms with Gasteiger partial charge in [-0.1, -0.05) is 6.92 Å². The zero-order valence-corrected chi connectivity index (χ0v) is 8.90. The number of rotatable bonds is 5. The molecule has 1 rings (SSSR count). The Morgan fingerprint density at radius 3 is 2.87 bits per heavy atom. The molecule has 82 valence electrons. The molecule has 0 saturated heterocycles. The second-order valence-electron chi connectivity index (χ2n) is 3.03. The number of nitrogens with zero attached hydrogens (tertiary/aromatic N) is 2. The zero-order valence-electron chi connectivity index (χ0n) is 8.90. The third-order valence-corrected chi connectivity index (χ3v) is 1.84. The van der Waals surface area contributed by atoms with Crippen LogP contribution in [-0.2, 0) is 11.3 Å². The van der Waals surface area contributed by atoms with Crippen molar-refractivity contribution in [2.75, 3.05) is 6.61 Å². The average Bonchev–Trinajstić information content (AvgIpc) is 2.62. The molecule has 0 fully saturated rings. The number of aromatic nitrogens is 2. The predicted octanol–water partition coefficient (Wildman–Crippen LogP) is 1.28. The topological polar surface area (TPSA) is 61.2 Å². The van der Waals surface area contributed by atoms with E-state index in [1.807, 2.05) is 6.92 Å². The maximum absolute atomic E-state index is 11.4.